The lowest BCUT2D eigenvalue weighted by atomic mass is 9.91. The average molecular weight is 423 g/mol. The van der Waals surface area contributed by atoms with Crippen LogP contribution in [-0.2, 0) is 12.8 Å². The molecule has 0 saturated heterocycles. The molecule has 1 heterocycles. The summed E-state index contributed by atoms with van der Waals surface area (Å²) in [4.78, 5) is 0. The second-order valence-electron chi connectivity index (χ2n) is 9.28. The summed E-state index contributed by atoms with van der Waals surface area (Å²) < 4.78 is 4.08. The molecule has 3 aromatic rings. The number of para-hydroxylation sites is 1. The molecule has 2 aromatic carbocycles. The highest BCUT2D eigenvalue weighted by molar-refractivity contribution is 5.64. The van der Waals surface area contributed by atoms with Crippen molar-refractivity contribution in [3.8, 4) is 11.3 Å². The SMILES string of the molecule is C=[N+](/C=c1/cccc(-c2cccc3c2CC=CC3)[n+]1=C)c1c(C(C)C)cccc1C(C)C. The van der Waals surface area contributed by atoms with Crippen LogP contribution in [0.1, 0.15) is 61.8 Å². The zero-order chi connectivity index (χ0) is 22.8. The van der Waals surface area contributed by atoms with E-state index in [1.807, 2.05) is 8.82 Å². The molecule has 0 N–H and O–H groups in total. The van der Waals surface area contributed by atoms with Crippen LogP contribution in [0.15, 0.2) is 66.7 Å². The Bertz CT molecular complexity index is 1280. The molecule has 1 aliphatic carbocycles. The van der Waals surface area contributed by atoms with E-state index in [4.69, 9.17) is 0 Å². The first-order valence-electron chi connectivity index (χ1n) is 11.6. The van der Waals surface area contributed by atoms with Gasteiger partial charge in [-0.2, -0.15) is 8.82 Å². The standard InChI is InChI=1S/C30H34N2/c1-21(2)25-16-11-17-26(22(3)4)30(25)31(5)20-24-14-10-19-29(32(24)6)28-18-9-13-23-12-7-8-15-27(23)28/h7-11,13-14,16-22H,5-6,12,15H2,1-4H3/q+2/b24-20-. The van der Waals surface area contributed by atoms with E-state index in [2.05, 4.69) is 114 Å². The summed E-state index contributed by atoms with van der Waals surface area (Å²) in [6.07, 6.45) is 8.61. The van der Waals surface area contributed by atoms with Gasteiger partial charge in [0.25, 0.3) is 5.35 Å². The van der Waals surface area contributed by atoms with Gasteiger partial charge >= 0.3 is 0 Å². The Labute approximate surface area is 192 Å². The summed E-state index contributed by atoms with van der Waals surface area (Å²) in [5.74, 6) is 0.840. The zero-order valence-electron chi connectivity index (χ0n) is 19.8. The van der Waals surface area contributed by atoms with E-state index in [1.165, 1.54) is 33.5 Å². The van der Waals surface area contributed by atoms with Crippen LogP contribution in [0.2, 0.25) is 0 Å². The molecule has 0 spiro atoms. The van der Waals surface area contributed by atoms with Crippen molar-refractivity contribution in [3.05, 3.63) is 101 Å². The molecule has 0 unspecified atom stereocenters. The van der Waals surface area contributed by atoms with Crippen molar-refractivity contribution >= 4 is 18.6 Å². The largest absolute Gasteiger partial charge is 0.275 e. The minimum absolute atomic E-state index is 0.420. The van der Waals surface area contributed by atoms with Crippen molar-refractivity contribution in [2.24, 2.45) is 0 Å². The van der Waals surface area contributed by atoms with Gasteiger partial charge in [-0.05, 0) is 47.9 Å². The first kappa shape index (κ1) is 22.0. The fourth-order valence-electron chi connectivity index (χ4n) is 4.69. The van der Waals surface area contributed by atoms with Crippen LogP contribution in [0.3, 0.4) is 0 Å². The highest BCUT2D eigenvalue weighted by atomic mass is 15.0. The summed E-state index contributed by atoms with van der Waals surface area (Å²) in [6.45, 7) is 17.8. The maximum atomic E-state index is 4.43. The molecule has 4 rings (SSSR count). The minimum Gasteiger partial charge on any atom is -0.167 e. The number of hydrogen-bond donors (Lipinski definition) is 0. The van der Waals surface area contributed by atoms with Gasteiger partial charge in [0.1, 0.15) is 13.4 Å². The van der Waals surface area contributed by atoms with E-state index in [-0.39, 0.29) is 0 Å². The fourth-order valence-corrected chi connectivity index (χ4v) is 4.69. The van der Waals surface area contributed by atoms with Crippen LogP contribution < -0.4 is 9.59 Å². The van der Waals surface area contributed by atoms with Crippen molar-refractivity contribution in [3.63, 3.8) is 0 Å². The second-order valence-corrected chi connectivity index (χ2v) is 9.28. The van der Waals surface area contributed by atoms with E-state index in [9.17, 15) is 0 Å². The lowest BCUT2D eigenvalue weighted by Gasteiger charge is -2.14. The number of hydrogen-bond acceptors (Lipinski definition) is 0. The van der Waals surface area contributed by atoms with E-state index in [0.717, 1.165) is 23.9 Å². The Hall–Kier alpha value is -3.26. The van der Waals surface area contributed by atoms with E-state index in [1.54, 1.807) is 0 Å². The van der Waals surface area contributed by atoms with Gasteiger partial charge in [-0.25, -0.2) is 0 Å². The van der Waals surface area contributed by atoms with Gasteiger partial charge in [-0.15, -0.1) is 0 Å². The predicted octanol–water partition coefficient (Wildman–Crippen LogP) is 5.97. The summed E-state index contributed by atoms with van der Waals surface area (Å²) in [6, 6.07) is 19.6. The number of aromatic nitrogens is 1. The molecule has 0 saturated carbocycles. The van der Waals surface area contributed by atoms with Crippen molar-refractivity contribution in [2.75, 3.05) is 0 Å². The number of fused-ring (bicyclic) bond motifs is 1. The van der Waals surface area contributed by atoms with Crippen LogP contribution in [0, 0.1) is 6.72 Å². The summed E-state index contributed by atoms with van der Waals surface area (Å²) in [7, 11) is 0. The third-order valence-electron chi connectivity index (χ3n) is 6.42. The van der Waals surface area contributed by atoms with Crippen LogP contribution in [0.25, 0.3) is 17.5 Å². The molecular weight excluding hydrogens is 388 g/mol. The number of rotatable bonds is 5. The maximum Gasteiger partial charge on any atom is 0.275 e. The summed E-state index contributed by atoms with van der Waals surface area (Å²) in [5.41, 5.74) is 9.04. The van der Waals surface area contributed by atoms with E-state index in [0.29, 0.717) is 11.8 Å². The molecule has 2 nitrogen and oxygen atoms in total. The van der Waals surface area contributed by atoms with Crippen molar-refractivity contribution in [1.29, 1.82) is 0 Å². The van der Waals surface area contributed by atoms with Gasteiger partial charge in [-0.3, -0.25) is 0 Å². The zero-order valence-corrected chi connectivity index (χ0v) is 19.8. The van der Waals surface area contributed by atoms with Crippen LogP contribution in [-0.4, -0.2) is 11.3 Å². The molecule has 1 aromatic heterocycles. The number of nitrogens with zero attached hydrogens (tertiary/aromatic N) is 2. The van der Waals surface area contributed by atoms with Gasteiger partial charge in [0.05, 0.1) is 5.56 Å². The summed E-state index contributed by atoms with van der Waals surface area (Å²) >= 11 is 0. The lowest BCUT2D eigenvalue weighted by Crippen LogP contribution is -2.38. The Kier molecular flexibility index (Phi) is 6.23. The van der Waals surface area contributed by atoms with Crippen molar-refractivity contribution in [1.82, 2.24) is 0 Å². The Morgan fingerprint density at radius 2 is 1.47 bits per heavy atom. The molecule has 0 aliphatic heterocycles. The quantitative estimate of drug-likeness (QED) is 0.272. The normalized spacial score (nSPS) is 13.6. The minimum atomic E-state index is 0.420. The lowest BCUT2D eigenvalue weighted by molar-refractivity contribution is -0.506. The van der Waals surface area contributed by atoms with Crippen molar-refractivity contribution < 1.29 is 8.82 Å². The molecule has 32 heavy (non-hydrogen) atoms. The first-order valence-corrected chi connectivity index (χ1v) is 11.6. The molecular formula is C30H34N2+2. The van der Waals surface area contributed by atoms with E-state index >= 15 is 0 Å². The third-order valence-corrected chi connectivity index (χ3v) is 6.42. The Morgan fingerprint density at radius 3 is 2.16 bits per heavy atom. The molecule has 0 amide bonds. The van der Waals surface area contributed by atoms with Gasteiger partial charge in [0, 0.05) is 23.3 Å². The number of allylic oxidation sites excluding steroid dienone is 2. The molecule has 1 aliphatic rings. The average Bonchev–Trinajstić information content (AvgIpc) is 2.79. The van der Waals surface area contributed by atoms with Gasteiger partial charge in [-0.1, -0.05) is 70.2 Å². The molecule has 0 bridgehead atoms. The van der Waals surface area contributed by atoms with Crippen molar-refractivity contribution in [2.45, 2.75) is 52.4 Å². The van der Waals surface area contributed by atoms with Crippen LogP contribution >= 0.6 is 0 Å². The topological polar surface area (TPSA) is 8.91 Å². The third kappa shape index (κ3) is 4.10. The number of benzene rings is 2. The maximum absolute atomic E-state index is 4.43. The molecule has 2 heteroatoms. The van der Waals surface area contributed by atoms with E-state index < -0.39 is 0 Å². The predicted molar refractivity (Wildman–Crippen MR) is 135 cm³/mol. The highest BCUT2D eigenvalue weighted by Gasteiger charge is 2.22. The Balaban J connectivity index is 1.86. The monoisotopic (exact) mass is 422 g/mol. The van der Waals surface area contributed by atoms with Gasteiger partial charge in [0.15, 0.2) is 0 Å². The van der Waals surface area contributed by atoms with Gasteiger partial charge < -0.3 is 0 Å². The van der Waals surface area contributed by atoms with Crippen LogP contribution in [0.4, 0.5) is 5.69 Å². The molecule has 0 atom stereocenters. The highest BCUT2D eigenvalue weighted by Crippen LogP contribution is 2.34. The molecule has 0 radical (unpaired) electrons. The fraction of sp³-hybridized carbons (Fsp3) is 0.267. The first-order chi connectivity index (χ1) is 15.4. The van der Waals surface area contributed by atoms with Crippen LogP contribution in [0.5, 0.6) is 0 Å². The van der Waals surface area contributed by atoms with Gasteiger partial charge in [0.2, 0.25) is 17.6 Å². The number of pyridine rings is 1. The smallest absolute Gasteiger partial charge is 0.167 e. The summed E-state index contributed by atoms with van der Waals surface area (Å²) in [5, 5.41) is 1.02. The molecule has 162 valence electrons. The second kappa shape index (κ2) is 9.08. The Morgan fingerprint density at radius 1 is 0.844 bits per heavy atom. The molecule has 0 fully saturated rings.